The van der Waals surface area contributed by atoms with Gasteiger partial charge in [0.2, 0.25) is 0 Å². The summed E-state index contributed by atoms with van der Waals surface area (Å²) in [5.74, 6) is 10.9. The van der Waals surface area contributed by atoms with E-state index < -0.39 is 4.92 Å². The number of nitro groups is 1. The summed E-state index contributed by atoms with van der Waals surface area (Å²) < 4.78 is 5.78. The van der Waals surface area contributed by atoms with E-state index in [-0.39, 0.29) is 6.54 Å². The largest absolute Gasteiger partial charge is 0.464 e. The van der Waals surface area contributed by atoms with Crippen LogP contribution in [0.5, 0.6) is 0 Å². The topological polar surface area (TPSA) is 83.6 Å². The molecule has 0 unspecified atom stereocenters. The molecule has 8 heteroatoms. The van der Waals surface area contributed by atoms with Gasteiger partial charge in [-0.05, 0) is 12.1 Å². The lowest BCUT2D eigenvalue weighted by molar-refractivity contribution is -0.404. The third-order valence-electron chi connectivity index (χ3n) is 3.15. The molecular weight excluding hydrogens is 364 g/mol. The highest BCUT2D eigenvalue weighted by Gasteiger charge is 2.08. The van der Waals surface area contributed by atoms with Gasteiger partial charge in [0, 0.05) is 12.3 Å². The molecule has 27 heavy (non-hydrogen) atoms. The van der Waals surface area contributed by atoms with Crippen molar-refractivity contribution in [1.29, 1.82) is 0 Å². The van der Waals surface area contributed by atoms with Crippen molar-refractivity contribution >= 4 is 11.8 Å². The summed E-state index contributed by atoms with van der Waals surface area (Å²) in [5, 5.41) is 16.3. The van der Waals surface area contributed by atoms with Gasteiger partial charge in [0.15, 0.2) is 5.82 Å². The minimum Gasteiger partial charge on any atom is -0.464 e. The highest BCUT2D eigenvalue weighted by Crippen LogP contribution is 2.16. The second kappa shape index (κ2) is 13.2. The number of furan rings is 1. The summed E-state index contributed by atoms with van der Waals surface area (Å²) in [4.78, 5) is 12.0. The number of rotatable bonds is 13. The summed E-state index contributed by atoms with van der Waals surface area (Å²) in [6.07, 6.45) is 16.7. The van der Waals surface area contributed by atoms with E-state index in [1.165, 1.54) is 0 Å². The average molecular weight is 386 g/mol. The number of hydrogen-bond donors (Lipinski definition) is 2. The molecule has 1 aromatic rings. The third kappa shape index (κ3) is 9.91. The van der Waals surface area contributed by atoms with Crippen LogP contribution in [-0.4, -0.2) is 41.8 Å². The lowest BCUT2D eigenvalue weighted by Gasteiger charge is -2.14. The first kappa shape index (κ1) is 22.1. The lowest BCUT2D eigenvalue weighted by Crippen LogP contribution is -2.29. The molecule has 0 radical (unpaired) electrons. The summed E-state index contributed by atoms with van der Waals surface area (Å²) >= 11 is 1.64. The number of nitrogens with one attached hydrogen (secondary N) is 2. The second-order valence-corrected chi connectivity index (χ2v) is 6.39. The Kier molecular flexibility index (Phi) is 10.8. The summed E-state index contributed by atoms with van der Waals surface area (Å²) in [7, 11) is 0. The van der Waals surface area contributed by atoms with Gasteiger partial charge in [-0.1, -0.05) is 17.8 Å². The first-order valence-corrected chi connectivity index (χ1v) is 9.25. The molecule has 1 rings (SSSR count). The number of thioether (sulfide) groups is 1. The molecule has 1 aromatic heterocycles. The zero-order chi connectivity index (χ0) is 19.9. The molecule has 0 spiro atoms. The fraction of sp³-hybridized carbons (Fsp3) is 0.368. The normalized spacial score (nSPS) is 10.7. The quantitative estimate of drug-likeness (QED) is 0.230. The zero-order valence-corrected chi connectivity index (χ0v) is 15.8. The van der Waals surface area contributed by atoms with Crippen LogP contribution in [0, 0.1) is 47.1 Å². The summed E-state index contributed by atoms with van der Waals surface area (Å²) in [5.41, 5.74) is 0. The first-order valence-electron chi connectivity index (χ1n) is 8.10. The van der Waals surface area contributed by atoms with E-state index in [1.54, 1.807) is 11.8 Å². The van der Waals surface area contributed by atoms with E-state index in [0.29, 0.717) is 37.8 Å². The van der Waals surface area contributed by atoms with Crippen LogP contribution < -0.4 is 10.6 Å². The molecule has 1 heterocycles. The number of nitrogens with zero attached hydrogens (tertiary/aromatic N) is 2. The minimum absolute atomic E-state index is 0.214. The second-order valence-electron chi connectivity index (χ2n) is 5.29. The van der Waals surface area contributed by atoms with E-state index in [9.17, 15) is 10.1 Å². The van der Waals surface area contributed by atoms with Crippen LogP contribution in [0.3, 0.4) is 0 Å². The Morgan fingerprint density at radius 1 is 1.22 bits per heavy atom. The molecule has 0 amide bonds. The maximum absolute atomic E-state index is 10.6. The Labute approximate surface area is 164 Å². The summed E-state index contributed by atoms with van der Waals surface area (Å²) in [6, 6.07) is 3.84. The monoisotopic (exact) mass is 386 g/mol. The maximum Gasteiger partial charge on any atom is 0.274 e. The van der Waals surface area contributed by atoms with Crippen LogP contribution in [0.15, 0.2) is 28.6 Å². The van der Waals surface area contributed by atoms with Crippen molar-refractivity contribution in [2.24, 2.45) is 0 Å². The van der Waals surface area contributed by atoms with Gasteiger partial charge in [0.1, 0.15) is 11.5 Å². The third-order valence-corrected chi connectivity index (χ3v) is 4.13. The molecule has 2 N–H and O–H groups in total. The summed E-state index contributed by atoms with van der Waals surface area (Å²) in [6.45, 7) is 2.26. The number of terminal acetylenes is 3. The zero-order valence-electron chi connectivity index (χ0n) is 14.9. The van der Waals surface area contributed by atoms with Crippen LogP contribution in [0.4, 0.5) is 0 Å². The van der Waals surface area contributed by atoms with Crippen LogP contribution in [0.25, 0.3) is 0 Å². The SMILES string of the molecule is C#CCNC(=C[N+](=O)[O-])NCCSCc1ccc(CN(CC#C)CC#C)o1. The van der Waals surface area contributed by atoms with Crippen molar-refractivity contribution in [1.82, 2.24) is 15.5 Å². The van der Waals surface area contributed by atoms with Crippen molar-refractivity contribution < 1.29 is 9.34 Å². The molecule has 142 valence electrons. The van der Waals surface area contributed by atoms with Crippen LogP contribution in [0.2, 0.25) is 0 Å². The Morgan fingerprint density at radius 3 is 2.56 bits per heavy atom. The smallest absolute Gasteiger partial charge is 0.274 e. The van der Waals surface area contributed by atoms with Gasteiger partial charge in [0.05, 0.1) is 36.9 Å². The van der Waals surface area contributed by atoms with E-state index in [2.05, 4.69) is 28.4 Å². The maximum atomic E-state index is 10.6. The predicted molar refractivity (Wildman–Crippen MR) is 108 cm³/mol. The molecule has 0 aliphatic rings. The lowest BCUT2D eigenvalue weighted by atomic mass is 10.4. The molecule has 0 atom stereocenters. The van der Waals surface area contributed by atoms with Crippen LogP contribution in [-0.2, 0) is 12.3 Å². The van der Waals surface area contributed by atoms with Crippen molar-refractivity contribution in [3.63, 3.8) is 0 Å². The Balaban J connectivity index is 2.35. The molecule has 0 aliphatic heterocycles. The van der Waals surface area contributed by atoms with Gasteiger partial charge in [-0.2, -0.15) is 11.8 Å². The molecule has 0 aromatic carbocycles. The minimum atomic E-state index is -0.535. The number of hydrogen-bond acceptors (Lipinski definition) is 7. The van der Waals surface area contributed by atoms with Gasteiger partial charge >= 0.3 is 0 Å². The van der Waals surface area contributed by atoms with E-state index in [1.807, 2.05) is 17.0 Å². The van der Waals surface area contributed by atoms with Gasteiger partial charge in [-0.25, -0.2) is 0 Å². The van der Waals surface area contributed by atoms with E-state index in [0.717, 1.165) is 23.5 Å². The van der Waals surface area contributed by atoms with Gasteiger partial charge < -0.3 is 15.1 Å². The highest BCUT2D eigenvalue weighted by molar-refractivity contribution is 7.98. The molecule has 0 aliphatic carbocycles. The molecule has 0 saturated carbocycles. The van der Waals surface area contributed by atoms with Crippen molar-refractivity contribution in [2.75, 3.05) is 31.9 Å². The molecule has 0 bridgehead atoms. The fourth-order valence-corrected chi connectivity index (χ4v) is 2.81. The first-order chi connectivity index (χ1) is 13.1. The molecular formula is C19H22N4O3S. The predicted octanol–water partition coefficient (Wildman–Crippen LogP) is 1.47. The Bertz CT molecular complexity index is 736. The van der Waals surface area contributed by atoms with E-state index >= 15 is 0 Å². The van der Waals surface area contributed by atoms with Gasteiger partial charge in [0.25, 0.3) is 6.20 Å². The van der Waals surface area contributed by atoms with Crippen molar-refractivity contribution in [2.45, 2.75) is 12.3 Å². The Hall–Kier alpha value is -2.99. The van der Waals surface area contributed by atoms with Gasteiger partial charge in [-0.15, -0.1) is 19.3 Å². The molecule has 7 nitrogen and oxygen atoms in total. The standard InChI is InChI=1S/C19H22N4O3S/c1-4-9-20-19(15-23(24)25)21-10-13-27-16-18-8-7-17(26-18)14-22(11-5-2)12-6-3/h1-3,7-8,15,20-21H,9-14,16H2. The van der Waals surface area contributed by atoms with Crippen molar-refractivity contribution in [3.05, 3.63) is 45.8 Å². The van der Waals surface area contributed by atoms with E-state index in [4.69, 9.17) is 23.7 Å². The van der Waals surface area contributed by atoms with Crippen molar-refractivity contribution in [3.8, 4) is 37.0 Å². The van der Waals surface area contributed by atoms with Gasteiger partial charge in [-0.3, -0.25) is 15.0 Å². The molecule has 0 fully saturated rings. The highest BCUT2D eigenvalue weighted by atomic mass is 32.2. The average Bonchev–Trinajstić information content (AvgIpc) is 3.06. The Morgan fingerprint density at radius 2 is 1.93 bits per heavy atom. The molecule has 0 saturated heterocycles. The van der Waals surface area contributed by atoms with Crippen LogP contribution in [0.1, 0.15) is 11.5 Å². The fourth-order valence-electron chi connectivity index (χ4n) is 2.07. The van der Waals surface area contributed by atoms with Crippen LogP contribution >= 0.6 is 11.8 Å².